The van der Waals surface area contributed by atoms with Crippen molar-refractivity contribution in [1.29, 1.82) is 0 Å². The number of aryl methyl sites for hydroxylation is 1. The van der Waals surface area contributed by atoms with Crippen LogP contribution in [0.3, 0.4) is 0 Å². The molecule has 0 unspecified atom stereocenters. The average molecular weight is 422 g/mol. The van der Waals surface area contributed by atoms with Crippen molar-refractivity contribution in [3.8, 4) is 5.75 Å². The monoisotopic (exact) mass is 422 g/mol. The molecule has 10 heteroatoms. The molecule has 1 amide bonds. The Hall–Kier alpha value is -2.85. The van der Waals surface area contributed by atoms with E-state index < -0.39 is 21.9 Å². The van der Waals surface area contributed by atoms with E-state index in [-0.39, 0.29) is 27.7 Å². The first-order chi connectivity index (χ1) is 13.8. The van der Waals surface area contributed by atoms with Crippen LogP contribution < -0.4 is 10.1 Å². The minimum absolute atomic E-state index is 0.0347. The topological polar surface area (TPSA) is 115 Å². The fraction of sp³-hybridized carbons (Fsp3) is 0.368. The third kappa shape index (κ3) is 4.13. The number of rotatable bonds is 6. The molecule has 1 aliphatic rings. The largest absolute Gasteiger partial charge is 0.497 e. The van der Waals surface area contributed by atoms with Gasteiger partial charge in [-0.15, -0.1) is 0 Å². The van der Waals surface area contributed by atoms with Gasteiger partial charge in [-0.05, 0) is 38.0 Å². The van der Waals surface area contributed by atoms with E-state index in [4.69, 9.17) is 13.9 Å². The zero-order chi connectivity index (χ0) is 21.2. The van der Waals surface area contributed by atoms with E-state index in [1.165, 1.54) is 43.6 Å². The van der Waals surface area contributed by atoms with Crippen molar-refractivity contribution < 1.29 is 31.9 Å². The van der Waals surface area contributed by atoms with Crippen molar-refractivity contribution in [2.75, 3.05) is 32.6 Å². The summed E-state index contributed by atoms with van der Waals surface area (Å²) in [6.45, 7) is 2.39. The molecule has 0 saturated carbocycles. The van der Waals surface area contributed by atoms with E-state index in [0.717, 1.165) is 12.8 Å². The number of hydrogen-bond acceptors (Lipinski definition) is 7. The third-order valence-electron chi connectivity index (χ3n) is 4.66. The summed E-state index contributed by atoms with van der Waals surface area (Å²) in [6.07, 6.45) is 1.61. The van der Waals surface area contributed by atoms with Crippen molar-refractivity contribution >= 4 is 27.6 Å². The number of hydrogen-bond donors (Lipinski definition) is 1. The predicted octanol–water partition coefficient (Wildman–Crippen LogP) is 2.42. The number of furan rings is 1. The zero-order valence-electron chi connectivity index (χ0n) is 16.4. The second kappa shape index (κ2) is 8.26. The van der Waals surface area contributed by atoms with Gasteiger partial charge in [-0.25, -0.2) is 13.2 Å². The van der Waals surface area contributed by atoms with Crippen LogP contribution in [0.4, 0.5) is 5.69 Å². The summed E-state index contributed by atoms with van der Waals surface area (Å²) >= 11 is 0. The summed E-state index contributed by atoms with van der Waals surface area (Å²) in [5.41, 5.74) is 0.272. The number of benzene rings is 1. The molecule has 9 nitrogen and oxygen atoms in total. The van der Waals surface area contributed by atoms with Gasteiger partial charge in [0.1, 0.15) is 16.4 Å². The van der Waals surface area contributed by atoms with Crippen molar-refractivity contribution in [1.82, 2.24) is 4.31 Å². The van der Waals surface area contributed by atoms with Crippen LogP contribution in [-0.2, 0) is 14.8 Å². The molecule has 29 heavy (non-hydrogen) atoms. The molecular formula is C19H22N2O7S. The number of sulfonamides is 1. The van der Waals surface area contributed by atoms with Crippen LogP contribution in [0.25, 0.3) is 0 Å². The van der Waals surface area contributed by atoms with Gasteiger partial charge in [-0.1, -0.05) is 0 Å². The van der Waals surface area contributed by atoms with Crippen LogP contribution in [0.15, 0.2) is 33.6 Å². The fourth-order valence-electron chi connectivity index (χ4n) is 3.12. The molecule has 1 N–H and O–H groups in total. The molecule has 3 rings (SSSR count). The molecule has 1 aromatic carbocycles. The van der Waals surface area contributed by atoms with Crippen molar-refractivity contribution in [3.63, 3.8) is 0 Å². The number of amides is 1. The summed E-state index contributed by atoms with van der Waals surface area (Å²) in [6, 6.07) is 5.69. The van der Waals surface area contributed by atoms with E-state index in [9.17, 15) is 18.0 Å². The molecule has 0 aliphatic carbocycles. The lowest BCUT2D eigenvalue weighted by atomic mass is 10.1. The molecule has 1 aromatic heterocycles. The van der Waals surface area contributed by atoms with E-state index in [0.29, 0.717) is 18.8 Å². The maximum Gasteiger partial charge on any atom is 0.340 e. The van der Waals surface area contributed by atoms with Gasteiger partial charge in [0.2, 0.25) is 10.0 Å². The fourth-order valence-corrected chi connectivity index (χ4v) is 4.80. The average Bonchev–Trinajstić information content (AvgIpc) is 3.38. The summed E-state index contributed by atoms with van der Waals surface area (Å²) < 4.78 is 42.1. The van der Waals surface area contributed by atoms with E-state index in [1.807, 2.05) is 0 Å². The minimum atomic E-state index is -3.72. The lowest BCUT2D eigenvalue weighted by Crippen LogP contribution is -2.28. The summed E-state index contributed by atoms with van der Waals surface area (Å²) in [5.74, 6) is -0.980. The second-order valence-corrected chi connectivity index (χ2v) is 8.41. The number of anilines is 1. The van der Waals surface area contributed by atoms with Crippen LogP contribution >= 0.6 is 0 Å². The standard InChI is InChI=1S/C19H22N2O7S/c1-12-17(29(24,25)21-8-4-5-9-21)11-16(28-12)18(22)20-15-7-6-13(26-2)10-14(15)19(23)27-3/h6-7,10-11H,4-5,8-9H2,1-3H3,(H,20,22). The lowest BCUT2D eigenvalue weighted by Gasteiger charge is -2.14. The SMILES string of the molecule is COC(=O)c1cc(OC)ccc1NC(=O)c1cc(S(=O)(=O)N2CCCC2)c(C)o1. The summed E-state index contributed by atoms with van der Waals surface area (Å²) in [5, 5.41) is 2.56. The summed E-state index contributed by atoms with van der Waals surface area (Å²) in [4.78, 5) is 24.6. The van der Waals surface area contributed by atoms with Gasteiger partial charge in [0.25, 0.3) is 5.91 Å². The quantitative estimate of drug-likeness (QED) is 0.711. The Morgan fingerprint density at radius 3 is 2.45 bits per heavy atom. The van der Waals surface area contributed by atoms with Gasteiger partial charge in [0.05, 0.1) is 25.5 Å². The molecule has 156 valence electrons. The number of esters is 1. The highest BCUT2D eigenvalue weighted by Gasteiger charge is 2.32. The van der Waals surface area contributed by atoms with E-state index in [2.05, 4.69) is 5.32 Å². The molecule has 0 atom stereocenters. The smallest absolute Gasteiger partial charge is 0.340 e. The molecule has 0 radical (unpaired) electrons. The molecular weight excluding hydrogens is 400 g/mol. The van der Waals surface area contributed by atoms with Crippen molar-refractivity contribution in [2.24, 2.45) is 0 Å². The molecule has 2 heterocycles. The maximum atomic E-state index is 12.8. The predicted molar refractivity (Wildman–Crippen MR) is 104 cm³/mol. The first-order valence-electron chi connectivity index (χ1n) is 8.96. The van der Waals surface area contributed by atoms with Crippen molar-refractivity contribution in [2.45, 2.75) is 24.7 Å². The molecule has 2 aromatic rings. The van der Waals surface area contributed by atoms with Gasteiger partial charge < -0.3 is 19.2 Å². The Labute approximate surface area is 168 Å². The number of nitrogens with one attached hydrogen (secondary N) is 1. The highest BCUT2D eigenvalue weighted by molar-refractivity contribution is 7.89. The number of carbonyl (C=O) groups is 2. The van der Waals surface area contributed by atoms with Gasteiger partial charge >= 0.3 is 5.97 Å². The van der Waals surface area contributed by atoms with Gasteiger partial charge in [0, 0.05) is 19.2 Å². The number of nitrogens with zero attached hydrogens (tertiary/aromatic N) is 1. The second-order valence-electron chi connectivity index (χ2n) is 6.50. The lowest BCUT2D eigenvalue weighted by molar-refractivity contribution is 0.0601. The highest BCUT2D eigenvalue weighted by atomic mass is 32.2. The van der Waals surface area contributed by atoms with Crippen LogP contribution in [-0.4, -0.2) is 51.9 Å². The Kier molecular flexibility index (Phi) is 5.94. The minimum Gasteiger partial charge on any atom is -0.497 e. The van der Waals surface area contributed by atoms with Crippen molar-refractivity contribution in [3.05, 3.63) is 41.3 Å². The van der Waals surface area contributed by atoms with E-state index >= 15 is 0 Å². The zero-order valence-corrected chi connectivity index (χ0v) is 17.2. The molecule has 1 saturated heterocycles. The Bertz CT molecular complexity index is 1040. The maximum absolute atomic E-state index is 12.8. The Balaban J connectivity index is 1.88. The molecule has 1 aliphatic heterocycles. The highest BCUT2D eigenvalue weighted by Crippen LogP contribution is 2.28. The van der Waals surface area contributed by atoms with Gasteiger partial charge in [-0.2, -0.15) is 4.31 Å². The first-order valence-corrected chi connectivity index (χ1v) is 10.4. The van der Waals surface area contributed by atoms with Crippen LogP contribution in [0, 0.1) is 6.92 Å². The number of ether oxygens (including phenoxy) is 2. The van der Waals surface area contributed by atoms with E-state index in [1.54, 1.807) is 6.07 Å². The van der Waals surface area contributed by atoms with Crippen LogP contribution in [0.2, 0.25) is 0 Å². The third-order valence-corrected chi connectivity index (χ3v) is 6.67. The normalized spacial score (nSPS) is 14.6. The van der Waals surface area contributed by atoms with Crippen LogP contribution in [0.1, 0.15) is 39.5 Å². The molecule has 0 bridgehead atoms. The van der Waals surface area contributed by atoms with Gasteiger partial charge in [-0.3, -0.25) is 4.79 Å². The molecule has 0 spiro atoms. The number of methoxy groups -OCH3 is 2. The summed E-state index contributed by atoms with van der Waals surface area (Å²) in [7, 11) is -1.05. The first kappa shape index (κ1) is 20.9. The van der Waals surface area contributed by atoms with Crippen LogP contribution in [0.5, 0.6) is 5.75 Å². The molecule has 1 fully saturated rings. The number of carbonyl (C=O) groups excluding carboxylic acids is 2. The Morgan fingerprint density at radius 1 is 1.14 bits per heavy atom. The Morgan fingerprint density at radius 2 is 1.83 bits per heavy atom. The van der Waals surface area contributed by atoms with Gasteiger partial charge in [0.15, 0.2) is 5.76 Å².